The zero-order valence-electron chi connectivity index (χ0n) is 6.28. The summed E-state index contributed by atoms with van der Waals surface area (Å²) in [6.07, 6.45) is 1.91. The van der Waals surface area contributed by atoms with Crippen LogP contribution in [0.2, 0.25) is 0 Å². The van der Waals surface area contributed by atoms with Crippen molar-refractivity contribution in [2.75, 3.05) is 13.6 Å². The molecule has 1 unspecified atom stereocenters. The van der Waals surface area contributed by atoms with Crippen LogP contribution in [0.15, 0.2) is 0 Å². The maximum absolute atomic E-state index is 5.74. The second-order valence-electron chi connectivity index (χ2n) is 2.56. The Morgan fingerprint density at radius 3 is 2.44 bits per heavy atom. The van der Waals surface area contributed by atoms with Gasteiger partial charge >= 0.3 is 0 Å². The van der Waals surface area contributed by atoms with E-state index in [9.17, 15) is 0 Å². The van der Waals surface area contributed by atoms with Gasteiger partial charge in [0.2, 0.25) is 0 Å². The van der Waals surface area contributed by atoms with Gasteiger partial charge in [0.15, 0.2) is 0 Å². The maximum Gasteiger partial charge on any atom is 0.0630 e. The Morgan fingerprint density at radius 1 is 1.56 bits per heavy atom. The quantitative estimate of drug-likeness (QED) is 0.456. The highest BCUT2D eigenvalue weighted by molar-refractivity contribution is 4.72. The predicted molar refractivity (Wildman–Crippen MR) is 39.9 cm³/mol. The molecule has 0 aliphatic heterocycles. The minimum atomic E-state index is -0.237. The summed E-state index contributed by atoms with van der Waals surface area (Å²) in [5.74, 6) is 0. The van der Waals surface area contributed by atoms with Crippen molar-refractivity contribution in [3.63, 3.8) is 0 Å². The van der Waals surface area contributed by atoms with Gasteiger partial charge in [-0.25, -0.2) is 0 Å². The third kappa shape index (κ3) is 4.39. The summed E-state index contributed by atoms with van der Waals surface area (Å²) >= 11 is 0. The first-order chi connectivity index (χ1) is 4.12. The van der Waals surface area contributed by atoms with Gasteiger partial charge in [0.1, 0.15) is 0 Å². The first-order valence-corrected chi connectivity index (χ1v) is 3.30. The van der Waals surface area contributed by atoms with Gasteiger partial charge in [-0.05, 0) is 33.4 Å². The fraction of sp³-hybridized carbons (Fsp3) is 1.00. The normalized spacial score (nSPS) is 17.3. The van der Waals surface area contributed by atoms with Crippen molar-refractivity contribution in [2.45, 2.75) is 25.4 Å². The summed E-state index contributed by atoms with van der Waals surface area (Å²) in [5.41, 5.74) is 10.8. The monoisotopic (exact) mass is 131 g/mol. The van der Waals surface area contributed by atoms with Crippen molar-refractivity contribution in [3.05, 3.63) is 0 Å². The van der Waals surface area contributed by atoms with Crippen LogP contribution < -0.4 is 16.8 Å². The fourth-order valence-electron chi connectivity index (χ4n) is 0.594. The van der Waals surface area contributed by atoms with Crippen molar-refractivity contribution < 1.29 is 0 Å². The molecule has 0 aliphatic carbocycles. The van der Waals surface area contributed by atoms with Gasteiger partial charge in [-0.3, -0.25) is 0 Å². The van der Waals surface area contributed by atoms with E-state index >= 15 is 0 Å². The Kier molecular flexibility index (Phi) is 3.77. The summed E-state index contributed by atoms with van der Waals surface area (Å²) in [6.45, 7) is 2.68. The number of nitrogens with two attached hydrogens (primary N) is 2. The Bertz CT molecular complexity index is 70.7. The largest absolute Gasteiger partial charge is 0.330 e. The zero-order valence-corrected chi connectivity index (χ0v) is 6.28. The molecular formula is C6H17N3. The van der Waals surface area contributed by atoms with Crippen molar-refractivity contribution in [1.82, 2.24) is 5.32 Å². The minimum Gasteiger partial charge on any atom is -0.330 e. The lowest BCUT2D eigenvalue weighted by atomic mass is 10.1. The lowest BCUT2D eigenvalue weighted by molar-refractivity contribution is 0.363. The molecule has 0 saturated heterocycles. The molecule has 0 heterocycles. The SMILES string of the molecule is CNC(C)(N)CCCN. The van der Waals surface area contributed by atoms with E-state index in [0.717, 1.165) is 12.8 Å². The molecule has 0 bridgehead atoms. The van der Waals surface area contributed by atoms with E-state index in [1.165, 1.54) is 0 Å². The van der Waals surface area contributed by atoms with Gasteiger partial charge in [-0.15, -0.1) is 0 Å². The number of hydrogen-bond donors (Lipinski definition) is 3. The summed E-state index contributed by atoms with van der Waals surface area (Å²) in [5, 5.41) is 3.00. The van der Waals surface area contributed by atoms with E-state index in [2.05, 4.69) is 5.32 Å². The van der Waals surface area contributed by atoms with Crippen LogP contribution in [0.5, 0.6) is 0 Å². The second-order valence-corrected chi connectivity index (χ2v) is 2.56. The number of rotatable bonds is 4. The van der Waals surface area contributed by atoms with Gasteiger partial charge in [0.25, 0.3) is 0 Å². The summed E-state index contributed by atoms with van der Waals surface area (Å²) in [4.78, 5) is 0. The van der Waals surface area contributed by atoms with E-state index in [4.69, 9.17) is 11.5 Å². The average molecular weight is 131 g/mol. The predicted octanol–water partition coefficient (Wildman–Crippen LogP) is -0.380. The van der Waals surface area contributed by atoms with Gasteiger partial charge in [-0.1, -0.05) is 0 Å². The Balaban J connectivity index is 3.33. The third-order valence-electron chi connectivity index (χ3n) is 1.47. The second kappa shape index (κ2) is 3.82. The van der Waals surface area contributed by atoms with Crippen LogP contribution in [0.25, 0.3) is 0 Å². The lowest BCUT2D eigenvalue weighted by Gasteiger charge is -2.23. The van der Waals surface area contributed by atoms with Crippen LogP contribution in [-0.2, 0) is 0 Å². The molecule has 0 amide bonds. The highest BCUT2D eigenvalue weighted by Gasteiger charge is 2.12. The Hall–Kier alpha value is -0.120. The Labute approximate surface area is 56.8 Å². The highest BCUT2D eigenvalue weighted by atomic mass is 15.1. The maximum atomic E-state index is 5.74. The molecular weight excluding hydrogens is 114 g/mol. The van der Waals surface area contributed by atoms with Crippen LogP contribution in [0.4, 0.5) is 0 Å². The molecule has 0 spiro atoms. The third-order valence-corrected chi connectivity index (χ3v) is 1.47. The summed E-state index contributed by atoms with van der Waals surface area (Å²) in [6, 6.07) is 0. The van der Waals surface area contributed by atoms with Crippen LogP contribution >= 0.6 is 0 Å². The number of hydrogen-bond acceptors (Lipinski definition) is 3. The van der Waals surface area contributed by atoms with Crippen molar-refractivity contribution in [3.8, 4) is 0 Å². The fourth-order valence-corrected chi connectivity index (χ4v) is 0.594. The average Bonchev–Trinajstić information content (AvgIpc) is 1.84. The molecule has 1 atom stereocenters. The molecule has 9 heavy (non-hydrogen) atoms. The van der Waals surface area contributed by atoms with E-state index in [-0.39, 0.29) is 5.66 Å². The molecule has 3 nitrogen and oxygen atoms in total. The topological polar surface area (TPSA) is 64.1 Å². The van der Waals surface area contributed by atoms with Gasteiger partial charge in [-0.2, -0.15) is 0 Å². The summed E-state index contributed by atoms with van der Waals surface area (Å²) < 4.78 is 0. The molecule has 0 aliphatic rings. The van der Waals surface area contributed by atoms with Crippen molar-refractivity contribution >= 4 is 0 Å². The smallest absolute Gasteiger partial charge is 0.0630 e. The van der Waals surface area contributed by atoms with Crippen molar-refractivity contribution in [1.29, 1.82) is 0 Å². The lowest BCUT2D eigenvalue weighted by Crippen LogP contribution is -2.48. The molecule has 3 heteroatoms. The van der Waals surface area contributed by atoms with E-state index in [1.807, 2.05) is 14.0 Å². The molecule has 0 rings (SSSR count). The number of nitrogens with one attached hydrogen (secondary N) is 1. The van der Waals surface area contributed by atoms with Gasteiger partial charge in [0, 0.05) is 0 Å². The molecule has 0 fully saturated rings. The first kappa shape index (κ1) is 8.88. The highest BCUT2D eigenvalue weighted by Crippen LogP contribution is 2.01. The summed E-state index contributed by atoms with van der Waals surface area (Å²) in [7, 11) is 1.86. The van der Waals surface area contributed by atoms with E-state index < -0.39 is 0 Å². The molecule has 0 aromatic rings. The molecule has 0 aromatic carbocycles. The first-order valence-electron chi connectivity index (χ1n) is 3.30. The van der Waals surface area contributed by atoms with E-state index in [1.54, 1.807) is 0 Å². The molecule has 0 radical (unpaired) electrons. The van der Waals surface area contributed by atoms with Crippen LogP contribution in [0.3, 0.4) is 0 Å². The van der Waals surface area contributed by atoms with Crippen LogP contribution in [-0.4, -0.2) is 19.3 Å². The van der Waals surface area contributed by atoms with Gasteiger partial charge < -0.3 is 16.8 Å². The molecule has 5 N–H and O–H groups in total. The van der Waals surface area contributed by atoms with Crippen LogP contribution in [0.1, 0.15) is 19.8 Å². The van der Waals surface area contributed by atoms with E-state index in [0.29, 0.717) is 6.54 Å². The van der Waals surface area contributed by atoms with Gasteiger partial charge in [0.05, 0.1) is 5.66 Å². The minimum absolute atomic E-state index is 0.237. The zero-order chi connectivity index (χ0) is 7.33. The molecule has 0 aromatic heterocycles. The molecule has 56 valence electrons. The van der Waals surface area contributed by atoms with Crippen LogP contribution in [0, 0.1) is 0 Å². The standard InChI is InChI=1S/C6H17N3/c1-6(8,9-2)4-3-5-7/h9H,3-5,7-8H2,1-2H3. The van der Waals surface area contributed by atoms with Crippen molar-refractivity contribution in [2.24, 2.45) is 11.5 Å². The molecule has 0 saturated carbocycles. The Morgan fingerprint density at radius 2 is 2.11 bits per heavy atom.